The zero-order valence-corrected chi connectivity index (χ0v) is 39.9. The molecule has 8 nitrogen and oxygen atoms in total. The molecule has 9 heteroatoms. The molecule has 0 bridgehead atoms. The highest BCUT2D eigenvalue weighted by Crippen LogP contribution is 2.38. The molecule has 0 aliphatic rings. The Balaban J connectivity index is 4.16. The van der Waals surface area contributed by atoms with Gasteiger partial charge < -0.3 is 27.9 Å². The van der Waals surface area contributed by atoms with Crippen LogP contribution in [0.25, 0.3) is 0 Å². The number of rotatable bonds is 46. The van der Waals surface area contributed by atoms with Gasteiger partial charge in [0.25, 0.3) is 7.82 Å². The third kappa shape index (κ3) is 46.1. The Morgan fingerprint density at radius 3 is 1.41 bits per heavy atom. The van der Waals surface area contributed by atoms with E-state index in [0.29, 0.717) is 24.1 Å². The molecule has 58 heavy (non-hydrogen) atoms. The minimum Gasteiger partial charge on any atom is -0.756 e. The zero-order valence-electron chi connectivity index (χ0n) is 39.0. The SMILES string of the molecule is CCCCCC/C=C\C/C=C\CCCCCCCCOCC(COP(=O)([O-])OCC[N+](C)(C)C)OC(=O)CCCCCCCCCCCCCCCCCCCCC. The summed E-state index contributed by atoms with van der Waals surface area (Å²) in [6.07, 6.45) is 49.0. The topological polar surface area (TPSA) is 94.1 Å². The molecule has 0 saturated heterocycles. The monoisotopic (exact) mass is 842 g/mol. The lowest BCUT2D eigenvalue weighted by molar-refractivity contribution is -0.870. The van der Waals surface area contributed by atoms with Crippen LogP contribution in [0.3, 0.4) is 0 Å². The normalized spacial score (nSPS) is 13.8. The summed E-state index contributed by atoms with van der Waals surface area (Å²) >= 11 is 0. The number of esters is 1. The molecule has 0 aromatic carbocycles. The molecule has 2 atom stereocenters. The lowest BCUT2D eigenvalue weighted by Crippen LogP contribution is -2.37. The molecule has 0 aromatic rings. The van der Waals surface area contributed by atoms with E-state index in [1.165, 1.54) is 161 Å². The molecule has 0 aliphatic carbocycles. The molecule has 0 saturated carbocycles. The van der Waals surface area contributed by atoms with Gasteiger partial charge in [0.1, 0.15) is 19.3 Å². The molecule has 0 rings (SSSR count). The van der Waals surface area contributed by atoms with E-state index >= 15 is 0 Å². The van der Waals surface area contributed by atoms with Crippen LogP contribution in [0.4, 0.5) is 0 Å². The Bertz CT molecular complexity index is 983. The van der Waals surface area contributed by atoms with Crippen LogP contribution in [0.15, 0.2) is 24.3 Å². The van der Waals surface area contributed by atoms with Crippen molar-refractivity contribution in [1.82, 2.24) is 0 Å². The van der Waals surface area contributed by atoms with Crippen molar-refractivity contribution in [3.8, 4) is 0 Å². The number of unbranched alkanes of at least 4 members (excludes halogenated alkanes) is 28. The second-order valence-corrected chi connectivity index (χ2v) is 19.2. The summed E-state index contributed by atoms with van der Waals surface area (Å²) in [5.74, 6) is -0.333. The summed E-state index contributed by atoms with van der Waals surface area (Å²) in [5.41, 5.74) is 0. The Morgan fingerprint density at radius 1 is 0.534 bits per heavy atom. The molecule has 344 valence electrons. The van der Waals surface area contributed by atoms with Crippen LogP contribution < -0.4 is 4.89 Å². The van der Waals surface area contributed by atoms with E-state index in [4.69, 9.17) is 18.5 Å². The van der Waals surface area contributed by atoms with Gasteiger partial charge in [-0.2, -0.15) is 0 Å². The van der Waals surface area contributed by atoms with Crippen LogP contribution in [0, 0.1) is 0 Å². The number of nitrogens with zero attached hydrogens (tertiary/aromatic N) is 1. The van der Waals surface area contributed by atoms with E-state index in [1.807, 2.05) is 21.1 Å². The Hall–Kier alpha value is -1.02. The maximum atomic E-state index is 12.7. The summed E-state index contributed by atoms with van der Waals surface area (Å²) in [6, 6.07) is 0. The smallest absolute Gasteiger partial charge is 0.306 e. The molecule has 0 N–H and O–H groups in total. The van der Waals surface area contributed by atoms with Crippen molar-refractivity contribution in [3.63, 3.8) is 0 Å². The average Bonchev–Trinajstić information content (AvgIpc) is 3.18. The first-order chi connectivity index (χ1) is 28.1. The number of hydrogen-bond donors (Lipinski definition) is 0. The van der Waals surface area contributed by atoms with Crippen LogP contribution in [0.2, 0.25) is 0 Å². The van der Waals surface area contributed by atoms with Gasteiger partial charge in [-0.15, -0.1) is 0 Å². The number of phosphoric ester groups is 1. The van der Waals surface area contributed by atoms with Crippen molar-refractivity contribution in [1.29, 1.82) is 0 Å². The molecular formula is C49H96NO7P. The molecule has 0 aliphatic heterocycles. The van der Waals surface area contributed by atoms with E-state index in [0.717, 1.165) is 44.9 Å². The standard InChI is InChI=1S/C49H96NO7P/c1-6-8-10-12-14-16-18-20-22-24-25-26-28-30-32-34-36-38-40-42-49(51)57-48(47-56-58(52,53)55-45-43-50(3,4)5)46-54-44-41-39-37-35-33-31-29-27-23-21-19-17-15-13-11-9-7-2/h17,19,23,27,48H,6-16,18,20-22,24-26,28-47H2,1-5H3/b19-17-,27-23-. The first-order valence-corrected chi connectivity index (χ1v) is 26.0. The summed E-state index contributed by atoms with van der Waals surface area (Å²) in [5, 5.41) is 0. The lowest BCUT2D eigenvalue weighted by Gasteiger charge is -2.28. The van der Waals surface area contributed by atoms with Crippen molar-refractivity contribution < 1.29 is 37.3 Å². The molecule has 0 amide bonds. The highest BCUT2D eigenvalue weighted by molar-refractivity contribution is 7.45. The molecule has 0 heterocycles. The maximum absolute atomic E-state index is 12.7. The van der Waals surface area contributed by atoms with Crippen LogP contribution in [0.5, 0.6) is 0 Å². The summed E-state index contributed by atoms with van der Waals surface area (Å²) in [6.45, 7) is 5.41. The highest BCUT2D eigenvalue weighted by Gasteiger charge is 2.20. The van der Waals surface area contributed by atoms with Gasteiger partial charge in [-0.25, -0.2) is 0 Å². The average molecular weight is 842 g/mol. The molecular weight excluding hydrogens is 746 g/mol. The second kappa shape index (κ2) is 42.7. The van der Waals surface area contributed by atoms with Gasteiger partial charge in [0.05, 0.1) is 34.4 Å². The number of carbonyl (C=O) groups excluding carboxylic acids is 1. The van der Waals surface area contributed by atoms with Crippen molar-refractivity contribution in [2.75, 3.05) is 54.1 Å². The summed E-state index contributed by atoms with van der Waals surface area (Å²) < 4.78 is 34.7. The van der Waals surface area contributed by atoms with E-state index in [9.17, 15) is 14.3 Å². The summed E-state index contributed by atoms with van der Waals surface area (Å²) in [7, 11) is 1.36. The minimum atomic E-state index is -4.53. The number of likely N-dealkylation sites (N-methyl/N-ethyl adjacent to an activating group) is 1. The van der Waals surface area contributed by atoms with Crippen LogP contribution in [0.1, 0.15) is 226 Å². The Morgan fingerprint density at radius 2 is 0.948 bits per heavy atom. The van der Waals surface area contributed by atoms with Crippen molar-refractivity contribution in [2.45, 2.75) is 232 Å². The van der Waals surface area contributed by atoms with Crippen LogP contribution in [-0.2, 0) is 27.9 Å². The highest BCUT2D eigenvalue weighted by atomic mass is 31.2. The molecule has 0 aromatic heterocycles. The zero-order chi connectivity index (χ0) is 42.7. The molecule has 2 unspecified atom stereocenters. The van der Waals surface area contributed by atoms with Gasteiger partial charge in [0, 0.05) is 13.0 Å². The summed E-state index contributed by atoms with van der Waals surface area (Å²) in [4.78, 5) is 25.1. The first kappa shape index (κ1) is 57.0. The fraction of sp³-hybridized carbons (Fsp3) is 0.898. The predicted octanol–water partition coefficient (Wildman–Crippen LogP) is 14.1. The number of ether oxygens (including phenoxy) is 2. The largest absolute Gasteiger partial charge is 0.756 e. The van der Waals surface area contributed by atoms with Crippen LogP contribution >= 0.6 is 7.82 Å². The number of allylic oxidation sites excluding steroid dienone is 4. The van der Waals surface area contributed by atoms with E-state index in [2.05, 4.69) is 38.2 Å². The number of phosphoric acid groups is 1. The van der Waals surface area contributed by atoms with Gasteiger partial charge >= 0.3 is 5.97 Å². The van der Waals surface area contributed by atoms with Gasteiger partial charge in [-0.3, -0.25) is 9.36 Å². The minimum absolute atomic E-state index is 0.0260. The van der Waals surface area contributed by atoms with E-state index in [-0.39, 0.29) is 25.8 Å². The fourth-order valence-corrected chi connectivity index (χ4v) is 7.66. The maximum Gasteiger partial charge on any atom is 0.306 e. The van der Waals surface area contributed by atoms with Gasteiger partial charge in [0.15, 0.2) is 0 Å². The molecule has 0 fully saturated rings. The Kier molecular flexibility index (Phi) is 41.9. The van der Waals surface area contributed by atoms with E-state index in [1.54, 1.807) is 0 Å². The van der Waals surface area contributed by atoms with Crippen molar-refractivity contribution in [3.05, 3.63) is 24.3 Å². The third-order valence-electron chi connectivity index (χ3n) is 10.8. The molecule has 0 radical (unpaired) electrons. The van der Waals surface area contributed by atoms with Gasteiger partial charge in [-0.05, 0) is 44.9 Å². The fourth-order valence-electron chi connectivity index (χ4n) is 6.93. The van der Waals surface area contributed by atoms with E-state index < -0.39 is 13.9 Å². The first-order valence-electron chi connectivity index (χ1n) is 24.6. The quantitative estimate of drug-likeness (QED) is 0.0198. The predicted molar refractivity (Wildman–Crippen MR) is 245 cm³/mol. The van der Waals surface area contributed by atoms with Crippen LogP contribution in [-0.4, -0.2) is 70.7 Å². The Labute approximate surface area is 360 Å². The lowest BCUT2D eigenvalue weighted by atomic mass is 10.0. The van der Waals surface area contributed by atoms with Crippen molar-refractivity contribution >= 4 is 13.8 Å². The second-order valence-electron chi connectivity index (χ2n) is 17.8. The number of hydrogen-bond acceptors (Lipinski definition) is 7. The molecule has 0 spiro atoms. The number of quaternary nitrogens is 1. The number of carbonyl (C=O) groups is 1. The third-order valence-corrected chi connectivity index (χ3v) is 11.7. The van der Waals surface area contributed by atoms with Crippen molar-refractivity contribution in [2.24, 2.45) is 0 Å². The van der Waals surface area contributed by atoms with Gasteiger partial charge in [-0.1, -0.05) is 199 Å². The van der Waals surface area contributed by atoms with Gasteiger partial charge in [0.2, 0.25) is 0 Å².